The van der Waals surface area contributed by atoms with Crippen LogP contribution in [0.15, 0.2) is 0 Å². The van der Waals surface area contributed by atoms with Crippen LogP contribution in [-0.4, -0.2) is 175 Å². The molecule has 55 heavy (non-hydrogen) atoms. The number of amides is 1. The molecule has 15 nitrogen and oxygen atoms in total. The van der Waals surface area contributed by atoms with E-state index in [0.29, 0.717) is 145 Å². The van der Waals surface area contributed by atoms with Gasteiger partial charge in [-0.1, -0.05) is 58.3 Å². The first-order valence-corrected chi connectivity index (χ1v) is 20.6. The molecule has 0 saturated carbocycles. The standard InChI is InChI=1S/C40H79NO14/c1-6-7-8-9-10-11-12-13-14-15-38(42)54-37-36-53-35-34-52-33-32-51-31-30-50-29-28-49-27-26-48-25-24-47-23-22-46-21-20-45-19-18-44-17-16-41(5)39(43)55-40(2,3)4/h6-37H2,1-5H3. The number of ether oxygens (including phenoxy) is 12. The summed E-state index contributed by atoms with van der Waals surface area (Å²) in [6.45, 7) is 17.9. The molecule has 0 aromatic carbocycles. The minimum atomic E-state index is -0.513. The second-order valence-corrected chi connectivity index (χ2v) is 13.8. The zero-order valence-corrected chi connectivity index (χ0v) is 35.3. The van der Waals surface area contributed by atoms with Crippen molar-refractivity contribution in [2.24, 2.45) is 0 Å². The maximum atomic E-state index is 11.9. The summed E-state index contributed by atoms with van der Waals surface area (Å²) in [4.78, 5) is 25.2. The normalized spacial score (nSPS) is 11.7. The van der Waals surface area contributed by atoms with Gasteiger partial charge in [0, 0.05) is 20.0 Å². The van der Waals surface area contributed by atoms with Crippen molar-refractivity contribution in [3.63, 3.8) is 0 Å². The fourth-order valence-corrected chi connectivity index (χ4v) is 4.58. The van der Waals surface area contributed by atoms with Crippen molar-refractivity contribution >= 4 is 12.1 Å². The number of hydrogen-bond donors (Lipinski definition) is 0. The van der Waals surface area contributed by atoms with Crippen molar-refractivity contribution in [1.29, 1.82) is 0 Å². The summed E-state index contributed by atoms with van der Waals surface area (Å²) in [5.41, 5.74) is -0.513. The molecule has 0 heterocycles. The summed E-state index contributed by atoms with van der Waals surface area (Å²) in [5.74, 6) is -0.140. The molecule has 0 unspecified atom stereocenters. The predicted molar refractivity (Wildman–Crippen MR) is 210 cm³/mol. The number of esters is 1. The third kappa shape index (κ3) is 44.9. The average molecular weight is 798 g/mol. The number of carbonyl (C=O) groups excluding carboxylic acids is 2. The quantitative estimate of drug-likeness (QED) is 0.0566. The van der Waals surface area contributed by atoms with Crippen molar-refractivity contribution < 1.29 is 66.4 Å². The first-order valence-electron chi connectivity index (χ1n) is 20.6. The molecule has 15 heteroatoms. The lowest BCUT2D eigenvalue weighted by Crippen LogP contribution is -2.36. The maximum Gasteiger partial charge on any atom is 0.410 e. The molecule has 0 spiro atoms. The Morgan fingerprint density at radius 1 is 0.418 bits per heavy atom. The van der Waals surface area contributed by atoms with E-state index >= 15 is 0 Å². The topological polar surface area (TPSA) is 148 Å². The van der Waals surface area contributed by atoms with Crippen molar-refractivity contribution in [3.8, 4) is 0 Å². The number of carbonyl (C=O) groups is 2. The zero-order chi connectivity index (χ0) is 40.3. The minimum Gasteiger partial charge on any atom is -0.463 e. The third-order valence-electron chi connectivity index (χ3n) is 7.60. The highest BCUT2D eigenvalue weighted by Crippen LogP contribution is 2.11. The van der Waals surface area contributed by atoms with E-state index in [1.807, 2.05) is 20.8 Å². The monoisotopic (exact) mass is 798 g/mol. The molecule has 0 aliphatic carbocycles. The van der Waals surface area contributed by atoms with Gasteiger partial charge in [-0.25, -0.2) is 4.79 Å². The molecule has 0 radical (unpaired) electrons. The van der Waals surface area contributed by atoms with E-state index in [1.165, 1.54) is 49.8 Å². The lowest BCUT2D eigenvalue weighted by Gasteiger charge is -2.24. The molecule has 0 fully saturated rings. The van der Waals surface area contributed by atoms with Gasteiger partial charge in [-0.15, -0.1) is 0 Å². The second kappa shape index (κ2) is 42.0. The SMILES string of the molecule is CCCCCCCCCCCC(=O)OCCOCCOCCOCCOCCOCCOCCOCCOCCOCCOCCN(C)C(=O)OC(C)(C)C. The molecule has 0 saturated heterocycles. The molecule has 0 bridgehead atoms. The van der Waals surface area contributed by atoms with E-state index in [4.69, 9.17) is 56.8 Å². The van der Waals surface area contributed by atoms with Crippen LogP contribution in [0.1, 0.15) is 91.9 Å². The summed E-state index contributed by atoms with van der Waals surface area (Å²) in [6.07, 6.45) is 11.2. The minimum absolute atomic E-state index is 0.140. The summed E-state index contributed by atoms with van der Waals surface area (Å²) < 4.78 is 65.3. The molecular formula is C40H79NO14. The number of nitrogens with zero attached hydrogens (tertiary/aromatic N) is 1. The van der Waals surface area contributed by atoms with Crippen LogP contribution in [0.5, 0.6) is 0 Å². The van der Waals surface area contributed by atoms with Gasteiger partial charge in [0.05, 0.1) is 132 Å². The van der Waals surface area contributed by atoms with E-state index in [0.717, 1.165) is 12.8 Å². The average Bonchev–Trinajstić information content (AvgIpc) is 3.15. The highest BCUT2D eigenvalue weighted by Gasteiger charge is 2.19. The largest absolute Gasteiger partial charge is 0.463 e. The van der Waals surface area contributed by atoms with Crippen LogP contribution in [0, 0.1) is 0 Å². The molecule has 0 rings (SSSR count). The highest BCUT2D eigenvalue weighted by atomic mass is 16.6. The Kier molecular flexibility index (Phi) is 40.7. The zero-order valence-electron chi connectivity index (χ0n) is 35.3. The maximum absolute atomic E-state index is 11.9. The molecular weight excluding hydrogens is 718 g/mol. The van der Waals surface area contributed by atoms with Gasteiger partial charge in [-0.3, -0.25) is 4.79 Å². The third-order valence-corrected chi connectivity index (χ3v) is 7.60. The lowest BCUT2D eigenvalue weighted by molar-refractivity contribution is -0.145. The van der Waals surface area contributed by atoms with E-state index in [1.54, 1.807) is 7.05 Å². The Hall–Kier alpha value is -1.66. The second-order valence-electron chi connectivity index (χ2n) is 13.8. The molecule has 1 amide bonds. The molecule has 0 aromatic rings. The number of rotatable bonds is 43. The van der Waals surface area contributed by atoms with E-state index < -0.39 is 5.60 Å². The predicted octanol–water partition coefficient (Wildman–Crippen LogP) is 5.48. The Bertz CT molecular complexity index is 817. The summed E-state index contributed by atoms with van der Waals surface area (Å²) >= 11 is 0. The fraction of sp³-hybridized carbons (Fsp3) is 0.950. The van der Waals surface area contributed by atoms with Crippen LogP contribution in [0.25, 0.3) is 0 Å². The molecule has 328 valence electrons. The van der Waals surface area contributed by atoms with Gasteiger partial charge in [-0.05, 0) is 27.2 Å². The van der Waals surface area contributed by atoms with E-state index in [2.05, 4.69) is 6.92 Å². The number of likely N-dealkylation sites (N-methyl/N-ethyl adjacent to an activating group) is 1. The molecule has 0 N–H and O–H groups in total. The fourth-order valence-electron chi connectivity index (χ4n) is 4.58. The first kappa shape index (κ1) is 53.3. The molecule has 0 aromatic heterocycles. The Morgan fingerprint density at radius 3 is 1.04 bits per heavy atom. The Balaban J connectivity index is 3.18. The van der Waals surface area contributed by atoms with E-state index in [9.17, 15) is 9.59 Å². The van der Waals surface area contributed by atoms with Gasteiger partial charge in [0.1, 0.15) is 12.2 Å². The number of unbranched alkanes of at least 4 members (excludes halogenated alkanes) is 8. The van der Waals surface area contributed by atoms with Crippen LogP contribution in [0.3, 0.4) is 0 Å². The van der Waals surface area contributed by atoms with Crippen LogP contribution >= 0.6 is 0 Å². The van der Waals surface area contributed by atoms with Crippen molar-refractivity contribution in [2.45, 2.75) is 97.5 Å². The molecule has 0 aliphatic rings. The highest BCUT2D eigenvalue weighted by molar-refractivity contribution is 5.69. The van der Waals surface area contributed by atoms with Crippen molar-refractivity contribution in [3.05, 3.63) is 0 Å². The van der Waals surface area contributed by atoms with Gasteiger partial charge >= 0.3 is 12.1 Å². The van der Waals surface area contributed by atoms with E-state index in [-0.39, 0.29) is 18.7 Å². The van der Waals surface area contributed by atoms with Crippen LogP contribution < -0.4 is 0 Å². The molecule has 0 atom stereocenters. The smallest absolute Gasteiger partial charge is 0.410 e. The lowest BCUT2D eigenvalue weighted by atomic mass is 10.1. The van der Waals surface area contributed by atoms with Gasteiger partial charge < -0.3 is 61.7 Å². The first-order chi connectivity index (χ1) is 26.8. The van der Waals surface area contributed by atoms with Gasteiger partial charge in [0.25, 0.3) is 0 Å². The van der Waals surface area contributed by atoms with Gasteiger partial charge in [0.15, 0.2) is 0 Å². The van der Waals surface area contributed by atoms with Crippen LogP contribution in [0.4, 0.5) is 4.79 Å². The summed E-state index contributed by atoms with van der Waals surface area (Å²) in [5, 5.41) is 0. The Morgan fingerprint density at radius 2 is 0.709 bits per heavy atom. The van der Waals surface area contributed by atoms with Crippen molar-refractivity contribution in [1.82, 2.24) is 4.90 Å². The number of hydrogen-bond acceptors (Lipinski definition) is 14. The van der Waals surface area contributed by atoms with Crippen molar-refractivity contribution in [2.75, 3.05) is 152 Å². The van der Waals surface area contributed by atoms with Crippen LogP contribution in [0.2, 0.25) is 0 Å². The van der Waals surface area contributed by atoms with Gasteiger partial charge in [-0.2, -0.15) is 0 Å². The summed E-state index contributed by atoms with van der Waals surface area (Å²) in [6, 6.07) is 0. The Labute approximate surface area is 332 Å². The summed E-state index contributed by atoms with van der Waals surface area (Å²) in [7, 11) is 1.68. The van der Waals surface area contributed by atoms with Crippen LogP contribution in [-0.2, 0) is 61.6 Å². The molecule has 0 aliphatic heterocycles. The van der Waals surface area contributed by atoms with Gasteiger partial charge in [0.2, 0.25) is 0 Å².